The summed E-state index contributed by atoms with van der Waals surface area (Å²) in [7, 11) is 1.40. The topological polar surface area (TPSA) is 203 Å². The Morgan fingerprint density at radius 3 is 1.77 bits per heavy atom. The summed E-state index contributed by atoms with van der Waals surface area (Å²) in [5.41, 5.74) is -5.29. The number of hydrogen-bond donors (Lipinski definition) is 0. The number of carbonyl (C=O) groups is 6. The molecule has 13 aliphatic rings. The van der Waals surface area contributed by atoms with E-state index < -0.39 is 55.9 Å². The Balaban J connectivity index is 0.000000132. The van der Waals surface area contributed by atoms with Crippen molar-refractivity contribution in [2.24, 2.45) is 73.9 Å². The second-order valence-electron chi connectivity index (χ2n) is 23.4. The molecule has 13 nitrogen and oxygen atoms in total. The van der Waals surface area contributed by atoms with Crippen LogP contribution < -0.4 is 0 Å². The third-order valence-corrected chi connectivity index (χ3v) is 22.5. The molecule has 13 rings (SSSR count). The number of Topliss-reactive ketones (excluding diaryl/α,β-unsaturated/α-hetero) is 3. The Bertz CT molecular complexity index is 2300. The van der Waals surface area contributed by atoms with Crippen LogP contribution in [0.5, 0.6) is 0 Å². The van der Waals surface area contributed by atoms with Gasteiger partial charge in [-0.25, -0.2) is 0 Å². The SMILES string of the molecule is COC(=O)[C@@H]1C[C@]2(C#N)CC(=O)CC[C@]2(C)[C@@]23O[C@@H]2C[C@@]2(C)C(CC[C@@]24CCC(=O)O4)C13.C[C@]12CCC(=O)C3C(=O)C(C[C@]31C#N)C1C3CC[C@@]4(CCC(=O)O4)[C@@]3(C)C[C@H]3O[C@@]132. The van der Waals surface area contributed by atoms with Crippen LogP contribution in [0.1, 0.15) is 137 Å². The van der Waals surface area contributed by atoms with E-state index in [4.69, 9.17) is 23.7 Å². The summed E-state index contributed by atoms with van der Waals surface area (Å²) < 4.78 is 30.6. The number of methoxy groups -OCH3 is 1. The number of hydrogen-bond acceptors (Lipinski definition) is 13. The summed E-state index contributed by atoms with van der Waals surface area (Å²) in [6, 6.07) is 5.06. The number of nitriles is 2. The van der Waals surface area contributed by atoms with Gasteiger partial charge >= 0.3 is 17.9 Å². The fraction of sp³-hybridized carbons (Fsp3) is 0.837. The van der Waals surface area contributed by atoms with E-state index in [1.54, 1.807) is 0 Å². The zero-order valence-corrected chi connectivity index (χ0v) is 36.6. The molecule has 9 aliphatic carbocycles. The lowest BCUT2D eigenvalue weighted by Crippen LogP contribution is -2.68. The van der Waals surface area contributed by atoms with Crippen LogP contribution in [0.2, 0.25) is 0 Å². The first kappa shape index (κ1) is 39.9. The van der Waals surface area contributed by atoms with E-state index in [9.17, 15) is 39.3 Å². The first-order chi connectivity index (χ1) is 29.3. The highest BCUT2D eigenvalue weighted by molar-refractivity contribution is 6.08. The number of esters is 3. The number of carbonyl (C=O) groups excluding carboxylic acids is 6. The molecule has 13 fully saturated rings. The van der Waals surface area contributed by atoms with E-state index in [2.05, 4.69) is 39.8 Å². The molecule has 0 aromatic carbocycles. The summed E-state index contributed by atoms with van der Waals surface area (Å²) >= 11 is 0. The summed E-state index contributed by atoms with van der Waals surface area (Å²) in [5, 5.41) is 20.8. The highest BCUT2D eigenvalue weighted by Crippen LogP contribution is 2.84. The molecule has 0 aromatic rings. The third kappa shape index (κ3) is 3.93. The molecule has 330 valence electrons. The molecule has 13 heteroatoms. The fourth-order valence-corrected chi connectivity index (χ4v) is 19.5. The maximum atomic E-state index is 13.7. The van der Waals surface area contributed by atoms with Gasteiger partial charge in [0.15, 0.2) is 0 Å². The van der Waals surface area contributed by atoms with Gasteiger partial charge in [0.05, 0.1) is 54.1 Å². The van der Waals surface area contributed by atoms with Crippen LogP contribution in [0.4, 0.5) is 0 Å². The highest BCUT2D eigenvalue weighted by atomic mass is 16.6. The number of nitrogens with zero attached hydrogens (tertiary/aromatic N) is 2. The Hall–Kier alpha value is -3.68. The highest BCUT2D eigenvalue weighted by Gasteiger charge is 2.91. The van der Waals surface area contributed by atoms with Gasteiger partial charge in [-0.3, -0.25) is 28.8 Å². The van der Waals surface area contributed by atoms with Crippen molar-refractivity contribution < 1.29 is 52.5 Å². The first-order valence-corrected chi connectivity index (χ1v) is 23.6. The molecule has 0 N–H and O–H groups in total. The molecular formula is C49H58N2O11. The van der Waals surface area contributed by atoms with Crippen molar-refractivity contribution in [2.75, 3.05) is 7.11 Å². The van der Waals surface area contributed by atoms with Crippen molar-refractivity contribution in [1.29, 1.82) is 10.5 Å². The van der Waals surface area contributed by atoms with Gasteiger partial charge in [-0.1, -0.05) is 27.7 Å². The molecule has 0 amide bonds. The number of fused-ring (bicyclic) bond motifs is 9. The number of rotatable bonds is 1. The Morgan fingerprint density at radius 2 is 1.24 bits per heavy atom. The monoisotopic (exact) mass is 850 g/mol. The zero-order chi connectivity index (χ0) is 43.6. The number of epoxide rings is 2. The minimum atomic E-state index is -0.920. The molecule has 4 saturated heterocycles. The van der Waals surface area contributed by atoms with Gasteiger partial charge in [0, 0.05) is 71.5 Å². The standard InChI is InChI=1S/C25H31NO6.C24H27NO5/c1-21-12-17-25(31-17)19(16(21)5-8-24(21)9-6-18(28)32-24)15(20(29)30-3)11-23(13-26)10-14(27)4-7-22(23,25)2;1-20-10-15-24(29-15)17(13(20)3-7-23(20)8-5-16(27)30-23)12-9-22(11-25)18(19(12)28)14(26)4-6-21(22,24)2/h15-17,19H,4-12H2,1-3H3;12-13,15,17-18H,3-10H2,1-2H3/t15-,16?,17-,19?,21+,22+,23+,24-,25-;12?,13?,15-,17?,18?,20+,21+,22+,23-,24-/m11/s1. The quantitative estimate of drug-likeness (QED) is 0.132. The van der Waals surface area contributed by atoms with E-state index in [0.717, 1.165) is 51.4 Å². The van der Waals surface area contributed by atoms with Crippen LogP contribution in [0.25, 0.3) is 0 Å². The van der Waals surface area contributed by atoms with Gasteiger partial charge < -0.3 is 23.7 Å². The minimum absolute atomic E-state index is 0.00258. The van der Waals surface area contributed by atoms with E-state index in [0.29, 0.717) is 51.4 Å². The van der Waals surface area contributed by atoms with Crippen molar-refractivity contribution in [3.8, 4) is 12.1 Å². The lowest BCUT2D eigenvalue weighted by atomic mass is 9.37. The van der Waals surface area contributed by atoms with Crippen LogP contribution in [0.15, 0.2) is 0 Å². The largest absolute Gasteiger partial charge is 0.469 e. The van der Waals surface area contributed by atoms with E-state index in [-0.39, 0.29) is 94.3 Å². The molecule has 62 heavy (non-hydrogen) atoms. The summed E-state index contributed by atoms with van der Waals surface area (Å²) in [4.78, 5) is 76.6. The molecule has 19 atom stereocenters. The Kier molecular flexibility index (Phi) is 7.45. The van der Waals surface area contributed by atoms with Gasteiger partial charge in [-0.15, -0.1) is 0 Å². The average Bonchev–Trinajstić information content (AvgIpc) is 3.85. The van der Waals surface area contributed by atoms with Gasteiger partial charge in [0.2, 0.25) is 0 Å². The molecule has 0 radical (unpaired) electrons. The molecule has 4 heterocycles. The second-order valence-corrected chi connectivity index (χ2v) is 23.4. The zero-order valence-electron chi connectivity index (χ0n) is 36.6. The maximum absolute atomic E-state index is 13.7. The van der Waals surface area contributed by atoms with Crippen LogP contribution in [-0.4, -0.2) is 77.0 Å². The number of ether oxygens (including phenoxy) is 5. The van der Waals surface area contributed by atoms with Gasteiger partial charge in [-0.2, -0.15) is 10.5 Å². The molecular weight excluding hydrogens is 793 g/mol. The van der Waals surface area contributed by atoms with Crippen molar-refractivity contribution in [3.05, 3.63) is 0 Å². The second kappa shape index (κ2) is 11.6. The lowest BCUT2D eigenvalue weighted by molar-refractivity contribution is -0.193. The van der Waals surface area contributed by atoms with Crippen molar-refractivity contribution >= 4 is 35.3 Å². The molecule has 2 bridgehead atoms. The molecule has 4 spiro atoms. The number of ketones is 3. The van der Waals surface area contributed by atoms with E-state index in [1.807, 2.05) is 0 Å². The average molecular weight is 851 g/mol. The normalized spacial score (nSPS) is 58.4. The predicted octanol–water partition coefficient (Wildman–Crippen LogP) is 5.83. The fourth-order valence-electron chi connectivity index (χ4n) is 19.5. The summed E-state index contributed by atoms with van der Waals surface area (Å²) in [5.74, 6) is -1.77. The lowest BCUT2D eigenvalue weighted by Gasteiger charge is -2.63. The third-order valence-electron chi connectivity index (χ3n) is 22.5. The van der Waals surface area contributed by atoms with Crippen LogP contribution in [0.3, 0.4) is 0 Å². The Morgan fingerprint density at radius 1 is 0.677 bits per heavy atom. The molecule has 9 saturated carbocycles. The van der Waals surface area contributed by atoms with Crippen molar-refractivity contribution in [1.82, 2.24) is 0 Å². The minimum Gasteiger partial charge on any atom is -0.469 e. The molecule has 6 unspecified atom stereocenters. The van der Waals surface area contributed by atoms with Crippen molar-refractivity contribution in [2.45, 2.75) is 171 Å². The predicted molar refractivity (Wildman–Crippen MR) is 211 cm³/mol. The van der Waals surface area contributed by atoms with Gasteiger partial charge in [0.1, 0.15) is 39.8 Å². The van der Waals surface area contributed by atoms with Gasteiger partial charge in [0.25, 0.3) is 0 Å². The smallest absolute Gasteiger partial charge is 0.309 e. The summed E-state index contributed by atoms with van der Waals surface area (Å²) in [6.07, 6.45) is 10.4. The van der Waals surface area contributed by atoms with E-state index in [1.165, 1.54) is 7.11 Å². The van der Waals surface area contributed by atoms with Gasteiger partial charge in [-0.05, 0) is 88.9 Å². The van der Waals surface area contributed by atoms with Crippen LogP contribution in [0, 0.1) is 96.6 Å². The van der Waals surface area contributed by atoms with Crippen molar-refractivity contribution in [3.63, 3.8) is 0 Å². The molecule has 0 aromatic heterocycles. The van der Waals surface area contributed by atoms with E-state index >= 15 is 0 Å². The van der Waals surface area contributed by atoms with Crippen LogP contribution in [-0.2, 0) is 52.5 Å². The first-order valence-electron chi connectivity index (χ1n) is 23.6. The maximum Gasteiger partial charge on any atom is 0.309 e. The molecule has 4 aliphatic heterocycles. The summed E-state index contributed by atoms with van der Waals surface area (Å²) in [6.45, 7) is 8.74. The van der Waals surface area contributed by atoms with Crippen LogP contribution >= 0.6 is 0 Å². The Labute approximate surface area is 362 Å².